The second-order valence-electron chi connectivity index (χ2n) is 9.25. The molecule has 4 rings (SSSR count). The van der Waals surface area contributed by atoms with Gasteiger partial charge in [-0.15, -0.1) is 0 Å². The molecule has 1 fully saturated rings. The van der Waals surface area contributed by atoms with Crippen molar-refractivity contribution in [3.05, 3.63) is 65.9 Å². The summed E-state index contributed by atoms with van der Waals surface area (Å²) in [6.07, 6.45) is 1.70. The third kappa shape index (κ3) is 5.32. The number of esters is 1. The number of hydrogen-bond donors (Lipinski definition) is 2. The first-order valence-electron chi connectivity index (χ1n) is 12.0. The molecule has 0 unspecified atom stereocenters. The van der Waals surface area contributed by atoms with Crippen molar-refractivity contribution in [2.75, 3.05) is 12.4 Å². The van der Waals surface area contributed by atoms with Crippen LogP contribution in [0.3, 0.4) is 0 Å². The summed E-state index contributed by atoms with van der Waals surface area (Å²) < 4.78 is 10.7. The Labute approximate surface area is 209 Å². The monoisotopic (exact) mass is 490 g/mol. The van der Waals surface area contributed by atoms with Gasteiger partial charge in [-0.2, -0.15) is 0 Å². The number of nitrogens with zero attached hydrogens (tertiary/aromatic N) is 1. The molecule has 2 aromatic carbocycles. The second kappa shape index (κ2) is 10.8. The summed E-state index contributed by atoms with van der Waals surface area (Å²) in [5.41, 5.74) is 1.92. The molecular weight excluding hydrogens is 460 g/mol. The molecule has 1 heterocycles. The van der Waals surface area contributed by atoms with Gasteiger partial charge in [0, 0.05) is 22.3 Å². The third-order valence-electron chi connectivity index (χ3n) is 6.91. The number of methoxy groups -OCH3 is 1. The summed E-state index contributed by atoms with van der Waals surface area (Å²) in [5, 5.41) is 13.8. The number of fused-ring (bicyclic) bond motifs is 1. The van der Waals surface area contributed by atoms with Crippen molar-refractivity contribution >= 4 is 34.4 Å². The molecule has 0 saturated heterocycles. The van der Waals surface area contributed by atoms with E-state index in [0.29, 0.717) is 30.9 Å². The number of amides is 1. The number of carbonyl (C=O) groups is 3. The summed E-state index contributed by atoms with van der Waals surface area (Å²) in [6.45, 7) is 2.32. The van der Waals surface area contributed by atoms with Crippen molar-refractivity contribution in [3.63, 3.8) is 0 Å². The number of ether oxygens (including phenoxy) is 2. The summed E-state index contributed by atoms with van der Waals surface area (Å²) in [5.74, 6) is -2.38. The van der Waals surface area contributed by atoms with E-state index in [0.717, 1.165) is 28.6 Å². The molecule has 0 bridgehead atoms. The van der Waals surface area contributed by atoms with E-state index in [2.05, 4.69) is 10.3 Å². The van der Waals surface area contributed by atoms with Crippen LogP contribution in [0.2, 0.25) is 0 Å². The molecule has 1 amide bonds. The largest absolute Gasteiger partial charge is 0.489 e. The van der Waals surface area contributed by atoms with Crippen molar-refractivity contribution in [2.24, 2.45) is 11.3 Å². The van der Waals surface area contributed by atoms with Crippen molar-refractivity contribution in [2.45, 2.75) is 45.6 Å². The first-order valence-corrected chi connectivity index (χ1v) is 12.0. The van der Waals surface area contributed by atoms with Crippen molar-refractivity contribution in [3.8, 4) is 5.75 Å². The molecule has 0 radical (unpaired) electrons. The van der Waals surface area contributed by atoms with Gasteiger partial charge in [0.15, 0.2) is 0 Å². The van der Waals surface area contributed by atoms with E-state index in [1.54, 1.807) is 24.3 Å². The maximum absolute atomic E-state index is 13.1. The van der Waals surface area contributed by atoms with Crippen molar-refractivity contribution in [1.29, 1.82) is 0 Å². The van der Waals surface area contributed by atoms with Crippen LogP contribution in [-0.2, 0) is 25.7 Å². The Morgan fingerprint density at radius 2 is 1.86 bits per heavy atom. The second-order valence-corrected chi connectivity index (χ2v) is 9.25. The molecule has 1 saturated carbocycles. The Bertz CT molecular complexity index is 1270. The molecular formula is C28H30N2O6. The number of carbonyl (C=O) groups excluding carboxylic acids is 2. The number of aryl methyl sites for hydroxylation is 1. The summed E-state index contributed by atoms with van der Waals surface area (Å²) in [6, 6.07) is 16.9. The van der Waals surface area contributed by atoms with Gasteiger partial charge < -0.3 is 19.9 Å². The highest BCUT2D eigenvalue weighted by Crippen LogP contribution is 2.45. The van der Waals surface area contributed by atoms with Crippen LogP contribution in [0, 0.1) is 18.3 Å². The lowest BCUT2D eigenvalue weighted by molar-refractivity contribution is -0.165. The molecule has 36 heavy (non-hydrogen) atoms. The number of aromatic nitrogens is 1. The SMILES string of the molecule is COC(=O)C[C@@]1(C(=O)O)CCCC[C@@H]1C(=O)Nc1ccc(OCc2cc(C)nc3ccccc23)cc1. The van der Waals surface area contributed by atoms with Crippen LogP contribution in [0.5, 0.6) is 5.75 Å². The predicted molar refractivity (Wildman–Crippen MR) is 135 cm³/mol. The maximum atomic E-state index is 13.1. The molecule has 2 N–H and O–H groups in total. The zero-order valence-electron chi connectivity index (χ0n) is 20.5. The molecule has 8 heteroatoms. The number of anilines is 1. The van der Waals surface area contributed by atoms with E-state index in [-0.39, 0.29) is 12.8 Å². The Morgan fingerprint density at radius 1 is 1.11 bits per heavy atom. The fourth-order valence-electron chi connectivity index (χ4n) is 5.03. The number of carboxylic acid groups (broad SMARTS) is 1. The zero-order valence-corrected chi connectivity index (χ0v) is 20.5. The number of benzene rings is 2. The summed E-state index contributed by atoms with van der Waals surface area (Å²) in [7, 11) is 1.22. The quantitative estimate of drug-likeness (QED) is 0.432. The number of carboxylic acids is 1. The number of pyridine rings is 1. The normalized spacial score (nSPS) is 19.4. The Balaban J connectivity index is 1.44. The van der Waals surface area contributed by atoms with Crippen LogP contribution in [0.25, 0.3) is 10.9 Å². The lowest BCUT2D eigenvalue weighted by Gasteiger charge is -2.39. The summed E-state index contributed by atoms with van der Waals surface area (Å²) >= 11 is 0. The molecule has 0 spiro atoms. The Kier molecular flexibility index (Phi) is 7.52. The minimum Gasteiger partial charge on any atom is -0.489 e. The van der Waals surface area contributed by atoms with Gasteiger partial charge in [-0.1, -0.05) is 31.0 Å². The Hall–Kier alpha value is -3.94. The van der Waals surface area contributed by atoms with E-state index in [9.17, 15) is 19.5 Å². The van der Waals surface area contributed by atoms with Crippen LogP contribution in [0.4, 0.5) is 5.69 Å². The van der Waals surface area contributed by atoms with Gasteiger partial charge in [-0.3, -0.25) is 19.4 Å². The van der Waals surface area contributed by atoms with E-state index >= 15 is 0 Å². The highest BCUT2D eigenvalue weighted by Gasteiger charge is 2.52. The van der Waals surface area contributed by atoms with Gasteiger partial charge in [0.05, 0.1) is 30.4 Å². The van der Waals surface area contributed by atoms with Gasteiger partial charge in [-0.25, -0.2) is 0 Å². The summed E-state index contributed by atoms with van der Waals surface area (Å²) in [4.78, 5) is 41.9. The van der Waals surface area contributed by atoms with Gasteiger partial charge in [0.25, 0.3) is 0 Å². The average molecular weight is 491 g/mol. The fourth-order valence-corrected chi connectivity index (χ4v) is 5.03. The number of hydrogen-bond acceptors (Lipinski definition) is 6. The van der Waals surface area contributed by atoms with Gasteiger partial charge in [0.2, 0.25) is 5.91 Å². The topological polar surface area (TPSA) is 115 Å². The van der Waals surface area contributed by atoms with Crippen LogP contribution >= 0.6 is 0 Å². The van der Waals surface area contributed by atoms with E-state index in [4.69, 9.17) is 9.47 Å². The van der Waals surface area contributed by atoms with Gasteiger partial charge >= 0.3 is 11.9 Å². The average Bonchev–Trinajstić information content (AvgIpc) is 2.88. The minimum atomic E-state index is -1.47. The number of nitrogens with one attached hydrogen (secondary N) is 1. The van der Waals surface area contributed by atoms with E-state index in [1.165, 1.54) is 7.11 Å². The lowest BCUT2D eigenvalue weighted by atomic mass is 9.64. The molecule has 188 valence electrons. The standard InChI is InChI=1S/C28H30N2O6/c1-18-15-19(22-7-3-4-9-24(22)29-18)17-36-21-12-10-20(11-13-21)30-26(32)23-8-5-6-14-28(23,27(33)34)16-25(31)35-2/h3-4,7,9-13,15,23H,5-6,8,14,16-17H2,1-2H3,(H,30,32)(H,33,34)/t23-,28+/m1/s1. The maximum Gasteiger partial charge on any atom is 0.311 e. The number of aliphatic carboxylic acids is 1. The molecule has 1 aromatic heterocycles. The molecule has 3 aromatic rings. The fraction of sp³-hybridized carbons (Fsp3) is 0.357. The van der Waals surface area contributed by atoms with E-state index < -0.39 is 29.2 Å². The molecule has 1 aliphatic rings. The lowest BCUT2D eigenvalue weighted by Crippen LogP contribution is -2.48. The van der Waals surface area contributed by atoms with Crippen LogP contribution in [0.1, 0.15) is 43.4 Å². The first kappa shape index (κ1) is 25.2. The zero-order chi connectivity index (χ0) is 25.7. The molecule has 8 nitrogen and oxygen atoms in total. The van der Waals surface area contributed by atoms with Crippen molar-refractivity contribution in [1.82, 2.24) is 4.98 Å². The molecule has 0 aliphatic heterocycles. The van der Waals surface area contributed by atoms with E-state index in [1.807, 2.05) is 37.3 Å². The highest BCUT2D eigenvalue weighted by atomic mass is 16.5. The molecule has 2 atom stereocenters. The van der Waals surface area contributed by atoms with Gasteiger partial charge in [0.1, 0.15) is 12.4 Å². The van der Waals surface area contributed by atoms with Crippen LogP contribution in [0.15, 0.2) is 54.6 Å². The van der Waals surface area contributed by atoms with Crippen molar-refractivity contribution < 1.29 is 29.0 Å². The number of rotatable bonds is 8. The Morgan fingerprint density at radius 3 is 2.58 bits per heavy atom. The highest BCUT2D eigenvalue weighted by molar-refractivity contribution is 5.97. The van der Waals surface area contributed by atoms with Gasteiger partial charge in [-0.05, 0) is 56.2 Å². The molecule has 1 aliphatic carbocycles. The number of para-hydroxylation sites is 1. The smallest absolute Gasteiger partial charge is 0.311 e. The predicted octanol–water partition coefficient (Wildman–Crippen LogP) is 4.89. The van der Waals surface area contributed by atoms with Crippen LogP contribution in [-0.4, -0.2) is 35.0 Å². The van der Waals surface area contributed by atoms with Crippen LogP contribution < -0.4 is 10.1 Å². The third-order valence-corrected chi connectivity index (χ3v) is 6.91. The minimum absolute atomic E-state index is 0.255. The first-order chi connectivity index (χ1) is 17.3.